The molecule has 4 N–H and O–H groups in total. The molecule has 5 nitrogen and oxygen atoms in total. The molecule has 0 aromatic carbocycles. The van der Waals surface area contributed by atoms with Crippen LogP contribution in [0.2, 0.25) is 0 Å². The molecule has 0 aromatic heterocycles. The summed E-state index contributed by atoms with van der Waals surface area (Å²) in [4.78, 5) is 11.5. The van der Waals surface area contributed by atoms with Gasteiger partial charge in [-0.2, -0.15) is 0 Å². The Morgan fingerprint density at radius 1 is 1.41 bits per heavy atom. The summed E-state index contributed by atoms with van der Waals surface area (Å²) >= 11 is 0. The molecule has 0 unspecified atom stereocenters. The molecule has 1 amide bonds. The van der Waals surface area contributed by atoms with E-state index in [1.807, 2.05) is 6.92 Å². The van der Waals surface area contributed by atoms with Crippen molar-refractivity contribution in [3.63, 3.8) is 0 Å². The minimum absolute atomic E-state index is 0.201. The molecule has 0 saturated heterocycles. The van der Waals surface area contributed by atoms with Gasteiger partial charge in [0, 0.05) is 12.5 Å². The summed E-state index contributed by atoms with van der Waals surface area (Å²) in [6.07, 6.45) is 3.48. The van der Waals surface area contributed by atoms with Crippen LogP contribution in [0.25, 0.3) is 0 Å². The van der Waals surface area contributed by atoms with Crippen molar-refractivity contribution in [3.05, 3.63) is 0 Å². The minimum Gasteiger partial charge on any atom is -0.391 e. The molecule has 0 heterocycles. The van der Waals surface area contributed by atoms with Gasteiger partial charge in [0.2, 0.25) is 5.91 Å². The molecule has 102 valence electrons. The first-order chi connectivity index (χ1) is 8.15. The van der Waals surface area contributed by atoms with Crippen molar-refractivity contribution in [3.8, 4) is 0 Å². The van der Waals surface area contributed by atoms with E-state index in [0.717, 1.165) is 25.7 Å². The Kier molecular flexibility index (Phi) is 10.1. The van der Waals surface area contributed by atoms with E-state index in [9.17, 15) is 9.90 Å². The lowest BCUT2D eigenvalue weighted by Gasteiger charge is -2.18. The van der Waals surface area contributed by atoms with E-state index < -0.39 is 6.10 Å². The van der Waals surface area contributed by atoms with Gasteiger partial charge in [0.05, 0.1) is 12.7 Å². The molecule has 0 radical (unpaired) electrons. The second kappa shape index (κ2) is 10.5. The van der Waals surface area contributed by atoms with E-state index in [-0.39, 0.29) is 18.4 Å². The Bertz CT molecular complexity index is 200. The van der Waals surface area contributed by atoms with Gasteiger partial charge in [0.25, 0.3) is 0 Å². The topological polar surface area (TPSA) is 84.6 Å². The Balaban J connectivity index is 3.98. The maximum absolute atomic E-state index is 11.5. The second-order valence-electron chi connectivity index (χ2n) is 4.31. The maximum atomic E-state index is 11.5. The molecule has 0 spiro atoms. The highest BCUT2D eigenvalue weighted by atomic mass is 16.5. The number of aliphatic hydroxyl groups excluding tert-OH is 1. The van der Waals surface area contributed by atoms with Crippen LogP contribution < -0.4 is 11.3 Å². The SMILES string of the molecule is CCCC[C@@H](C[C@@H](O)COCCC)C(=O)NN. The minimum atomic E-state index is -0.597. The molecule has 17 heavy (non-hydrogen) atoms. The van der Waals surface area contributed by atoms with Gasteiger partial charge in [-0.25, -0.2) is 5.84 Å². The number of rotatable bonds is 10. The molecule has 0 bridgehead atoms. The summed E-state index contributed by atoms with van der Waals surface area (Å²) in [5, 5.41) is 9.74. The van der Waals surface area contributed by atoms with Gasteiger partial charge in [0.1, 0.15) is 0 Å². The van der Waals surface area contributed by atoms with E-state index in [4.69, 9.17) is 10.6 Å². The highest BCUT2D eigenvalue weighted by Gasteiger charge is 2.20. The molecule has 0 aliphatic rings. The van der Waals surface area contributed by atoms with Crippen LogP contribution in [0.15, 0.2) is 0 Å². The number of carbonyl (C=O) groups excluding carboxylic acids is 1. The molecule has 0 rings (SSSR count). The average Bonchev–Trinajstić information content (AvgIpc) is 2.33. The lowest BCUT2D eigenvalue weighted by molar-refractivity contribution is -0.126. The van der Waals surface area contributed by atoms with Crippen LogP contribution in [0.5, 0.6) is 0 Å². The Morgan fingerprint density at radius 2 is 2.12 bits per heavy atom. The quantitative estimate of drug-likeness (QED) is 0.232. The number of ether oxygens (including phenoxy) is 1. The number of amides is 1. The first-order valence-electron chi connectivity index (χ1n) is 6.41. The number of unbranched alkanes of at least 4 members (excludes halogenated alkanes) is 1. The van der Waals surface area contributed by atoms with Gasteiger partial charge >= 0.3 is 0 Å². The molecular weight excluding hydrogens is 220 g/mol. The lowest BCUT2D eigenvalue weighted by Crippen LogP contribution is -2.38. The van der Waals surface area contributed by atoms with Crippen LogP contribution in [0.1, 0.15) is 46.0 Å². The number of nitrogens with two attached hydrogens (primary N) is 1. The normalized spacial score (nSPS) is 14.4. The molecule has 0 fully saturated rings. The van der Waals surface area contributed by atoms with Crippen LogP contribution in [0.3, 0.4) is 0 Å². The highest BCUT2D eigenvalue weighted by Crippen LogP contribution is 2.15. The predicted molar refractivity (Wildman–Crippen MR) is 67.1 cm³/mol. The smallest absolute Gasteiger partial charge is 0.237 e. The van der Waals surface area contributed by atoms with Crippen molar-refractivity contribution >= 4 is 5.91 Å². The van der Waals surface area contributed by atoms with Gasteiger partial charge < -0.3 is 9.84 Å². The molecule has 0 aliphatic heterocycles. The van der Waals surface area contributed by atoms with Crippen LogP contribution in [-0.4, -0.2) is 30.3 Å². The summed E-state index contributed by atoms with van der Waals surface area (Å²) in [6, 6.07) is 0. The third-order valence-corrected chi connectivity index (χ3v) is 2.63. The zero-order valence-electron chi connectivity index (χ0n) is 10.9. The van der Waals surface area contributed by atoms with Gasteiger partial charge in [-0.3, -0.25) is 10.2 Å². The first kappa shape index (κ1) is 16.4. The van der Waals surface area contributed by atoms with Crippen molar-refractivity contribution in [2.24, 2.45) is 11.8 Å². The second-order valence-corrected chi connectivity index (χ2v) is 4.31. The molecule has 0 saturated carbocycles. The molecule has 2 atom stereocenters. The Labute approximate surface area is 104 Å². The van der Waals surface area contributed by atoms with Crippen LogP contribution in [0, 0.1) is 5.92 Å². The molecule has 5 heteroatoms. The van der Waals surface area contributed by atoms with E-state index >= 15 is 0 Å². The third-order valence-electron chi connectivity index (χ3n) is 2.63. The fraction of sp³-hybridized carbons (Fsp3) is 0.917. The zero-order valence-corrected chi connectivity index (χ0v) is 10.9. The van der Waals surface area contributed by atoms with Gasteiger partial charge in [0.15, 0.2) is 0 Å². The van der Waals surface area contributed by atoms with Gasteiger partial charge in [-0.05, 0) is 19.3 Å². The number of hydrogen-bond donors (Lipinski definition) is 3. The zero-order chi connectivity index (χ0) is 13.1. The van der Waals surface area contributed by atoms with Gasteiger partial charge in [-0.1, -0.05) is 26.7 Å². The number of aliphatic hydroxyl groups is 1. The number of hydrazine groups is 1. The largest absolute Gasteiger partial charge is 0.391 e. The summed E-state index contributed by atoms with van der Waals surface area (Å²) < 4.78 is 5.25. The van der Waals surface area contributed by atoms with Crippen molar-refractivity contribution < 1.29 is 14.6 Å². The summed E-state index contributed by atoms with van der Waals surface area (Å²) in [5.41, 5.74) is 2.16. The molecule has 0 aromatic rings. The maximum Gasteiger partial charge on any atom is 0.237 e. The van der Waals surface area contributed by atoms with Crippen molar-refractivity contribution in [2.75, 3.05) is 13.2 Å². The van der Waals surface area contributed by atoms with Crippen LogP contribution >= 0.6 is 0 Å². The summed E-state index contributed by atoms with van der Waals surface area (Å²) in [7, 11) is 0. The van der Waals surface area contributed by atoms with Crippen molar-refractivity contribution in [2.45, 2.75) is 52.1 Å². The van der Waals surface area contributed by atoms with E-state index in [1.165, 1.54) is 0 Å². The monoisotopic (exact) mass is 246 g/mol. The van der Waals surface area contributed by atoms with E-state index in [0.29, 0.717) is 13.0 Å². The van der Waals surface area contributed by atoms with Crippen molar-refractivity contribution in [1.29, 1.82) is 0 Å². The molecule has 0 aliphatic carbocycles. The Morgan fingerprint density at radius 3 is 2.65 bits per heavy atom. The number of nitrogens with one attached hydrogen (secondary N) is 1. The first-order valence-corrected chi connectivity index (χ1v) is 6.41. The third kappa shape index (κ3) is 8.12. The van der Waals surface area contributed by atoms with Crippen LogP contribution in [0.4, 0.5) is 0 Å². The average molecular weight is 246 g/mol. The van der Waals surface area contributed by atoms with Crippen molar-refractivity contribution in [1.82, 2.24) is 5.43 Å². The predicted octanol–water partition coefficient (Wildman–Crippen LogP) is 0.960. The standard InChI is InChI=1S/C12H26N2O3/c1-3-5-6-10(12(16)14-13)8-11(15)9-17-7-4-2/h10-11,15H,3-9,13H2,1-2H3,(H,14,16)/t10-,11+/m0/s1. The van der Waals surface area contributed by atoms with E-state index in [1.54, 1.807) is 0 Å². The Hall–Kier alpha value is -0.650. The molecular formula is C12H26N2O3. The number of carbonyl (C=O) groups is 1. The van der Waals surface area contributed by atoms with Crippen LogP contribution in [-0.2, 0) is 9.53 Å². The van der Waals surface area contributed by atoms with Gasteiger partial charge in [-0.15, -0.1) is 0 Å². The number of hydrogen-bond acceptors (Lipinski definition) is 4. The fourth-order valence-corrected chi connectivity index (χ4v) is 1.68. The highest BCUT2D eigenvalue weighted by molar-refractivity contribution is 5.77. The fourth-order valence-electron chi connectivity index (χ4n) is 1.68. The lowest BCUT2D eigenvalue weighted by atomic mass is 9.95. The van der Waals surface area contributed by atoms with E-state index in [2.05, 4.69) is 12.3 Å². The summed E-state index contributed by atoms with van der Waals surface area (Å²) in [5.74, 6) is 4.71. The summed E-state index contributed by atoms with van der Waals surface area (Å²) in [6.45, 7) is 5.00.